The molecule has 0 aromatic heterocycles. The maximum absolute atomic E-state index is 13.2. The summed E-state index contributed by atoms with van der Waals surface area (Å²) in [6.45, 7) is 0.474. The fourth-order valence-electron chi connectivity index (χ4n) is 2.59. The van der Waals surface area contributed by atoms with Gasteiger partial charge in [0, 0.05) is 19.1 Å². The van der Waals surface area contributed by atoms with Gasteiger partial charge in [-0.05, 0) is 37.1 Å². The van der Waals surface area contributed by atoms with Gasteiger partial charge in [-0.1, -0.05) is 12.1 Å². The molecule has 7 heteroatoms. The maximum atomic E-state index is 13.2. The van der Waals surface area contributed by atoms with Gasteiger partial charge in [-0.3, -0.25) is 4.79 Å². The van der Waals surface area contributed by atoms with Gasteiger partial charge in [0.15, 0.2) is 0 Å². The first-order valence-corrected chi connectivity index (χ1v) is 6.62. The zero-order chi connectivity index (χ0) is 15.6. The third-order valence-electron chi connectivity index (χ3n) is 3.74. The van der Waals surface area contributed by atoms with E-state index in [1.807, 2.05) is 0 Å². The van der Waals surface area contributed by atoms with Crippen LogP contribution in [0.2, 0.25) is 0 Å². The smallest absolute Gasteiger partial charge is 0.335 e. The average Bonchev–Trinajstić information content (AvgIpc) is 2.45. The lowest BCUT2D eigenvalue weighted by Crippen LogP contribution is -2.49. The Morgan fingerprint density at radius 2 is 2.10 bits per heavy atom. The molecule has 1 fully saturated rings. The number of alkyl halides is 3. The molecule has 116 valence electrons. The fraction of sp³-hybridized carbons (Fsp3) is 0.500. The lowest BCUT2D eigenvalue weighted by atomic mass is 9.93. The molecule has 3 nitrogen and oxygen atoms in total. The highest BCUT2D eigenvalue weighted by molar-refractivity contribution is 5.81. The number of halogens is 4. The van der Waals surface area contributed by atoms with E-state index in [2.05, 4.69) is 5.32 Å². The molecule has 1 heterocycles. The summed E-state index contributed by atoms with van der Waals surface area (Å²) in [4.78, 5) is 12.0. The average molecular weight is 304 g/mol. The number of nitrogens with one attached hydrogen (secondary N) is 1. The van der Waals surface area contributed by atoms with Crippen LogP contribution in [0.5, 0.6) is 0 Å². The predicted molar refractivity (Wildman–Crippen MR) is 69.0 cm³/mol. The van der Waals surface area contributed by atoms with Gasteiger partial charge >= 0.3 is 12.1 Å². The maximum Gasteiger partial charge on any atom is 0.471 e. The molecule has 0 aliphatic carbocycles. The van der Waals surface area contributed by atoms with Crippen molar-refractivity contribution < 1.29 is 22.4 Å². The number of piperidine rings is 1. The molecule has 0 radical (unpaired) electrons. The Morgan fingerprint density at radius 3 is 2.71 bits per heavy atom. The third-order valence-corrected chi connectivity index (χ3v) is 3.74. The van der Waals surface area contributed by atoms with Gasteiger partial charge in [0.2, 0.25) is 0 Å². The van der Waals surface area contributed by atoms with Crippen LogP contribution >= 0.6 is 0 Å². The van der Waals surface area contributed by atoms with Crippen LogP contribution in [0.1, 0.15) is 24.4 Å². The number of carbonyl (C=O) groups excluding carboxylic acids is 1. The summed E-state index contributed by atoms with van der Waals surface area (Å²) >= 11 is 0. The van der Waals surface area contributed by atoms with E-state index in [9.17, 15) is 22.4 Å². The summed E-state index contributed by atoms with van der Waals surface area (Å²) in [5, 5.41) is 3.14. The molecule has 2 rings (SSSR count). The first kappa shape index (κ1) is 15.8. The van der Waals surface area contributed by atoms with Crippen LogP contribution in [0.25, 0.3) is 0 Å². The fourth-order valence-corrected chi connectivity index (χ4v) is 2.59. The molecule has 1 saturated heterocycles. The number of hydrogen-bond donors (Lipinski definition) is 1. The van der Waals surface area contributed by atoms with Crippen molar-refractivity contribution in [3.05, 3.63) is 35.6 Å². The van der Waals surface area contributed by atoms with Gasteiger partial charge in [0.1, 0.15) is 5.82 Å². The lowest BCUT2D eigenvalue weighted by Gasteiger charge is -2.36. The van der Waals surface area contributed by atoms with Crippen molar-refractivity contribution in [2.75, 3.05) is 13.6 Å². The molecular weight excluding hydrogens is 288 g/mol. The predicted octanol–water partition coefficient (Wildman–Crippen LogP) is 2.64. The van der Waals surface area contributed by atoms with E-state index < -0.39 is 23.9 Å². The van der Waals surface area contributed by atoms with Crippen molar-refractivity contribution >= 4 is 5.91 Å². The van der Waals surface area contributed by atoms with Crippen LogP contribution in [-0.4, -0.2) is 36.6 Å². The van der Waals surface area contributed by atoms with E-state index in [0.717, 1.165) is 11.9 Å². The van der Waals surface area contributed by atoms with Crippen molar-refractivity contribution in [2.24, 2.45) is 0 Å². The van der Waals surface area contributed by atoms with E-state index in [1.54, 1.807) is 12.1 Å². The molecule has 1 N–H and O–H groups in total. The van der Waals surface area contributed by atoms with Gasteiger partial charge < -0.3 is 10.2 Å². The minimum atomic E-state index is -4.87. The summed E-state index contributed by atoms with van der Waals surface area (Å²) < 4.78 is 50.6. The largest absolute Gasteiger partial charge is 0.471 e. The molecule has 0 spiro atoms. The molecule has 0 bridgehead atoms. The Balaban J connectivity index is 2.09. The van der Waals surface area contributed by atoms with Crippen LogP contribution in [-0.2, 0) is 4.79 Å². The number of hydrogen-bond acceptors (Lipinski definition) is 2. The normalized spacial score (nSPS) is 22.9. The Morgan fingerprint density at radius 1 is 1.38 bits per heavy atom. The van der Waals surface area contributed by atoms with Crippen molar-refractivity contribution in [2.45, 2.75) is 31.1 Å². The summed E-state index contributed by atoms with van der Waals surface area (Å²) in [6.07, 6.45) is -4.11. The summed E-state index contributed by atoms with van der Waals surface area (Å²) in [5.74, 6) is -2.23. The first-order valence-electron chi connectivity index (χ1n) is 6.62. The van der Waals surface area contributed by atoms with Gasteiger partial charge in [-0.2, -0.15) is 13.2 Å². The van der Waals surface area contributed by atoms with E-state index in [1.165, 1.54) is 12.1 Å². The highest BCUT2D eigenvalue weighted by Crippen LogP contribution is 2.28. The Hall–Kier alpha value is -1.63. The van der Waals surface area contributed by atoms with Gasteiger partial charge in [0.05, 0.1) is 0 Å². The Labute approximate surface area is 119 Å². The van der Waals surface area contributed by atoms with Crippen LogP contribution < -0.4 is 5.32 Å². The molecule has 0 unspecified atom stereocenters. The highest BCUT2D eigenvalue weighted by Gasteiger charge is 2.43. The monoisotopic (exact) mass is 304 g/mol. The Bertz CT molecular complexity index is 518. The van der Waals surface area contributed by atoms with Crippen molar-refractivity contribution in [1.82, 2.24) is 10.2 Å². The number of benzene rings is 1. The molecule has 1 aliphatic rings. The number of nitrogens with zero attached hydrogens (tertiary/aromatic N) is 1. The molecule has 1 aromatic carbocycles. The molecule has 0 saturated carbocycles. The molecular formula is C14H16F4N2O. The highest BCUT2D eigenvalue weighted by atomic mass is 19.4. The molecule has 21 heavy (non-hydrogen) atoms. The molecule has 1 aromatic rings. The van der Waals surface area contributed by atoms with Crippen LogP contribution in [0, 0.1) is 5.82 Å². The van der Waals surface area contributed by atoms with E-state index in [0.29, 0.717) is 24.9 Å². The van der Waals surface area contributed by atoms with Gasteiger partial charge in [0.25, 0.3) is 0 Å². The lowest BCUT2D eigenvalue weighted by molar-refractivity contribution is -0.186. The van der Waals surface area contributed by atoms with Crippen LogP contribution in [0.15, 0.2) is 24.3 Å². The van der Waals surface area contributed by atoms with Gasteiger partial charge in [-0.25, -0.2) is 4.39 Å². The van der Waals surface area contributed by atoms with Crippen molar-refractivity contribution in [1.29, 1.82) is 0 Å². The minimum Gasteiger partial charge on any atom is -0.335 e. The standard InChI is InChI=1S/C14H16F4N2O/c1-20(13(21)14(16,17)18)11-5-6-19-12(8-11)9-3-2-4-10(15)7-9/h2-4,7,11-12,19H,5-6,8H2,1H3/t11-,12+/m1/s1. The zero-order valence-corrected chi connectivity index (χ0v) is 11.5. The minimum absolute atomic E-state index is 0.261. The van der Waals surface area contributed by atoms with Crippen LogP contribution in [0.3, 0.4) is 0 Å². The van der Waals surface area contributed by atoms with Gasteiger partial charge in [-0.15, -0.1) is 0 Å². The van der Waals surface area contributed by atoms with Crippen LogP contribution in [0.4, 0.5) is 17.6 Å². The quantitative estimate of drug-likeness (QED) is 0.852. The second kappa shape index (κ2) is 6.01. The zero-order valence-electron chi connectivity index (χ0n) is 11.5. The molecule has 1 amide bonds. The second-order valence-electron chi connectivity index (χ2n) is 5.15. The van der Waals surface area contributed by atoms with E-state index in [4.69, 9.17) is 0 Å². The number of carbonyl (C=O) groups is 1. The SMILES string of the molecule is CN(C(=O)C(F)(F)F)[C@@H]1CCN[C@H](c2cccc(F)c2)C1. The van der Waals surface area contributed by atoms with Crippen molar-refractivity contribution in [3.8, 4) is 0 Å². The van der Waals surface area contributed by atoms with E-state index in [-0.39, 0.29) is 6.04 Å². The topological polar surface area (TPSA) is 32.3 Å². The third kappa shape index (κ3) is 3.72. The second-order valence-corrected chi connectivity index (χ2v) is 5.15. The Kier molecular flexibility index (Phi) is 4.51. The molecule has 1 aliphatic heterocycles. The summed E-state index contributed by atoms with van der Waals surface area (Å²) in [7, 11) is 1.16. The molecule has 2 atom stereocenters. The first-order chi connectivity index (χ1) is 9.79. The van der Waals surface area contributed by atoms with E-state index >= 15 is 0 Å². The summed E-state index contributed by atoms with van der Waals surface area (Å²) in [5.41, 5.74) is 0.674. The van der Waals surface area contributed by atoms with Crippen molar-refractivity contribution in [3.63, 3.8) is 0 Å². The number of amides is 1. The number of rotatable bonds is 2. The summed E-state index contributed by atoms with van der Waals surface area (Å²) in [6, 6.07) is 5.15.